The molecule has 0 aliphatic carbocycles. The van der Waals surface area contributed by atoms with Gasteiger partial charge in [0.25, 0.3) is 0 Å². The second kappa shape index (κ2) is 5.69. The van der Waals surface area contributed by atoms with Gasteiger partial charge in [0.2, 0.25) is 0 Å². The van der Waals surface area contributed by atoms with Crippen molar-refractivity contribution in [3.05, 3.63) is 35.6 Å². The highest BCUT2D eigenvalue weighted by atomic mass is 19.2. The molecule has 18 heavy (non-hydrogen) atoms. The first-order chi connectivity index (χ1) is 8.32. The fourth-order valence-corrected chi connectivity index (χ4v) is 1.76. The predicted octanol–water partition coefficient (Wildman–Crippen LogP) is 3.11. The van der Waals surface area contributed by atoms with E-state index in [1.165, 1.54) is 19.1 Å². The fraction of sp³-hybridized carbons (Fsp3) is 0.538. The number of aliphatic hydroxyl groups is 1. The van der Waals surface area contributed by atoms with Gasteiger partial charge in [-0.25, -0.2) is 13.2 Å². The van der Waals surface area contributed by atoms with E-state index in [2.05, 4.69) is 0 Å². The molecule has 0 saturated carbocycles. The van der Waals surface area contributed by atoms with E-state index < -0.39 is 36.4 Å². The number of rotatable bonds is 5. The Kier molecular flexibility index (Phi) is 4.73. The van der Waals surface area contributed by atoms with Crippen LogP contribution in [0.15, 0.2) is 24.3 Å². The molecule has 4 atom stereocenters. The van der Waals surface area contributed by atoms with Gasteiger partial charge in [-0.3, -0.25) is 4.39 Å². The van der Waals surface area contributed by atoms with E-state index in [0.717, 1.165) is 19.1 Å². The summed E-state index contributed by atoms with van der Waals surface area (Å²) in [7, 11) is 0. The summed E-state index contributed by atoms with van der Waals surface area (Å²) in [6.07, 6.45) is -5.95. The summed E-state index contributed by atoms with van der Waals surface area (Å²) in [5.41, 5.74) is -1.72. The molecule has 0 spiro atoms. The van der Waals surface area contributed by atoms with Crippen molar-refractivity contribution >= 4 is 0 Å². The maximum Gasteiger partial charge on any atom is 0.141 e. The Labute approximate surface area is 103 Å². The quantitative estimate of drug-likeness (QED) is 0.810. The van der Waals surface area contributed by atoms with Crippen LogP contribution in [-0.4, -0.2) is 30.2 Å². The lowest BCUT2D eigenvalue weighted by Gasteiger charge is -2.34. The maximum atomic E-state index is 14.1. The van der Waals surface area contributed by atoms with Crippen molar-refractivity contribution in [2.75, 3.05) is 6.67 Å². The van der Waals surface area contributed by atoms with E-state index in [0.29, 0.717) is 0 Å². The van der Waals surface area contributed by atoms with Crippen molar-refractivity contribution < 1.29 is 22.7 Å². The number of halogens is 4. The van der Waals surface area contributed by atoms with E-state index >= 15 is 0 Å². The molecule has 1 nitrogen and oxygen atoms in total. The van der Waals surface area contributed by atoms with E-state index in [-0.39, 0.29) is 5.56 Å². The summed E-state index contributed by atoms with van der Waals surface area (Å²) in [6.45, 7) is 1.01. The Morgan fingerprint density at radius 2 is 1.94 bits per heavy atom. The van der Waals surface area contributed by atoms with Gasteiger partial charge in [0.1, 0.15) is 30.9 Å². The van der Waals surface area contributed by atoms with Crippen molar-refractivity contribution in [3.8, 4) is 0 Å². The van der Waals surface area contributed by atoms with Gasteiger partial charge in [0.05, 0.1) is 5.41 Å². The Morgan fingerprint density at radius 3 is 2.39 bits per heavy atom. The molecule has 0 aliphatic rings. The Morgan fingerprint density at radius 1 is 1.33 bits per heavy atom. The van der Waals surface area contributed by atoms with Crippen LogP contribution in [0.1, 0.15) is 19.4 Å². The van der Waals surface area contributed by atoms with Gasteiger partial charge in [-0.05, 0) is 24.6 Å². The molecule has 1 aromatic carbocycles. The van der Waals surface area contributed by atoms with Crippen molar-refractivity contribution in [2.24, 2.45) is 0 Å². The van der Waals surface area contributed by atoms with Crippen LogP contribution in [0.3, 0.4) is 0 Å². The van der Waals surface area contributed by atoms with Crippen molar-refractivity contribution in [2.45, 2.75) is 37.7 Å². The van der Waals surface area contributed by atoms with E-state index in [4.69, 9.17) is 0 Å². The van der Waals surface area contributed by atoms with Gasteiger partial charge in [-0.15, -0.1) is 0 Å². The molecule has 0 fully saturated rings. The zero-order valence-electron chi connectivity index (χ0n) is 10.2. The summed E-state index contributed by atoms with van der Waals surface area (Å²) in [5, 5.41) is 9.38. The van der Waals surface area contributed by atoms with E-state index in [1.807, 2.05) is 0 Å². The molecular formula is C13H16F4O. The zero-order valence-corrected chi connectivity index (χ0v) is 10.2. The summed E-state index contributed by atoms with van der Waals surface area (Å²) in [6, 6.07) is 4.80. The summed E-state index contributed by atoms with van der Waals surface area (Å²) in [4.78, 5) is 0. The van der Waals surface area contributed by atoms with Crippen LogP contribution in [0.2, 0.25) is 0 Å². The maximum absolute atomic E-state index is 14.1. The largest absolute Gasteiger partial charge is 0.387 e. The fourth-order valence-electron chi connectivity index (χ4n) is 1.76. The average molecular weight is 264 g/mol. The molecule has 1 rings (SSSR count). The Hall–Kier alpha value is -1.10. The average Bonchev–Trinajstić information content (AvgIpc) is 2.35. The molecular weight excluding hydrogens is 248 g/mol. The number of alkyl halides is 3. The molecule has 1 aromatic rings. The smallest absolute Gasteiger partial charge is 0.141 e. The highest BCUT2D eigenvalue weighted by Crippen LogP contribution is 2.34. The molecule has 102 valence electrons. The lowest BCUT2D eigenvalue weighted by molar-refractivity contribution is -0.0203. The minimum absolute atomic E-state index is 0.0530. The number of hydrogen-bond donors (Lipinski definition) is 1. The van der Waals surface area contributed by atoms with Crippen molar-refractivity contribution in [3.63, 3.8) is 0 Å². The monoisotopic (exact) mass is 264 g/mol. The van der Waals surface area contributed by atoms with Crippen LogP contribution < -0.4 is 0 Å². The minimum Gasteiger partial charge on any atom is -0.387 e. The summed E-state index contributed by atoms with van der Waals surface area (Å²) < 4.78 is 53.2. The van der Waals surface area contributed by atoms with Crippen LogP contribution in [-0.2, 0) is 5.41 Å². The van der Waals surface area contributed by atoms with E-state index in [9.17, 15) is 22.7 Å². The second-order valence-electron chi connectivity index (χ2n) is 4.63. The molecule has 0 radical (unpaired) electrons. The Balaban J connectivity index is 3.12. The van der Waals surface area contributed by atoms with Crippen LogP contribution in [0, 0.1) is 5.82 Å². The molecule has 0 amide bonds. The molecule has 1 N–H and O–H groups in total. The summed E-state index contributed by atoms with van der Waals surface area (Å²) >= 11 is 0. The highest BCUT2D eigenvalue weighted by molar-refractivity contribution is 5.28. The SMILES string of the molecule is CC(F)C(O)C(F)C(C)(CF)c1cccc(F)c1. The topological polar surface area (TPSA) is 20.2 Å². The molecule has 0 aliphatic heterocycles. The molecule has 0 bridgehead atoms. The third kappa shape index (κ3) is 2.83. The lowest BCUT2D eigenvalue weighted by Crippen LogP contribution is -2.46. The highest BCUT2D eigenvalue weighted by Gasteiger charge is 2.43. The first-order valence-electron chi connectivity index (χ1n) is 5.61. The standard InChI is InChI=1S/C13H16F4O/c1-8(15)11(18)12(17)13(2,7-14)9-4-3-5-10(16)6-9/h3-6,8,11-12,18H,7H2,1-2H3. The van der Waals surface area contributed by atoms with Crippen molar-refractivity contribution in [1.82, 2.24) is 0 Å². The number of benzene rings is 1. The van der Waals surface area contributed by atoms with Crippen LogP contribution in [0.5, 0.6) is 0 Å². The van der Waals surface area contributed by atoms with Gasteiger partial charge in [0, 0.05) is 0 Å². The van der Waals surface area contributed by atoms with Crippen LogP contribution in [0.25, 0.3) is 0 Å². The van der Waals surface area contributed by atoms with Crippen LogP contribution in [0.4, 0.5) is 17.6 Å². The third-order valence-electron chi connectivity index (χ3n) is 3.14. The predicted molar refractivity (Wildman–Crippen MR) is 61.2 cm³/mol. The summed E-state index contributed by atoms with van der Waals surface area (Å²) in [5.74, 6) is -0.637. The van der Waals surface area contributed by atoms with E-state index in [1.54, 1.807) is 0 Å². The van der Waals surface area contributed by atoms with Gasteiger partial charge < -0.3 is 5.11 Å². The number of hydrogen-bond acceptors (Lipinski definition) is 1. The molecule has 0 heterocycles. The van der Waals surface area contributed by atoms with Crippen LogP contribution >= 0.6 is 0 Å². The number of aliphatic hydroxyl groups excluding tert-OH is 1. The van der Waals surface area contributed by atoms with Gasteiger partial charge >= 0.3 is 0 Å². The normalized spacial score (nSPS) is 19.9. The second-order valence-corrected chi connectivity index (χ2v) is 4.63. The molecule has 0 saturated heterocycles. The Bertz CT molecular complexity index is 396. The first kappa shape index (κ1) is 15.0. The zero-order chi connectivity index (χ0) is 13.9. The third-order valence-corrected chi connectivity index (χ3v) is 3.14. The van der Waals surface area contributed by atoms with Gasteiger partial charge in [-0.2, -0.15) is 0 Å². The first-order valence-corrected chi connectivity index (χ1v) is 5.61. The van der Waals surface area contributed by atoms with Gasteiger partial charge in [0.15, 0.2) is 0 Å². The minimum atomic E-state index is -2.16. The lowest BCUT2D eigenvalue weighted by atomic mass is 9.76. The molecule has 0 aromatic heterocycles. The molecule has 4 unspecified atom stereocenters. The van der Waals surface area contributed by atoms with Gasteiger partial charge in [-0.1, -0.05) is 19.1 Å². The molecule has 5 heteroatoms. The van der Waals surface area contributed by atoms with Crippen molar-refractivity contribution in [1.29, 1.82) is 0 Å².